The van der Waals surface area contributed by atoms with Gasteiger partial charge in [-0.15, -0.1) is 0 Å². The van der Waals surface area contributed by atoms with E-state index in [1.54, 1.807) is 23.4 Å². The van der Waals surface area contributed by atoms with Crippen LogP contribution in [-0.4, -0.2) is 49.5 Å². The summed E-state index contributed by atoms with van der Waals surface area (Å²) in [6, 6.07) is 3.67. The summed E-state index contributed by atoms with van der Waals surface area (Å²) in [5.74, 6) is 0.0313. The number of carbonyl (C=O) groups is 1. The van der Waals surface area contributed by atoms with Crippen molar-refractivity contribution >= 4 is 21.6 Å². The van der Waals surface area contributed by atoms with E-state index in [9.17, 15) is 13.2 Å². The molecule has 0 unspecified atom stereocenters. The highest BCUT2D eigenvalue weighted by Gasteiger charge is 2.50. The maximum atomic E-state index is 12.8. The average Bonchev–Trinajstić information content (AvgIpc) is 2.76. The summed E-state index contributed by atoms with van der Waals surface area (Å²) >= 11 is 0. The third kappa shape index (κ3) is 2.55. The first-order valence-corrected chi connectivity index (χ1v) is 8.94. The van der Waals surface area contributed by atoms with Gasteiger partial charge >= 0.3 is 0 Å². The summed E-state index contributed by atoms with van der Waals surface area (Å²) in [5.41, 5.74) is 0.229. The number of nitrogens with zero attached hydrogens (tertiary/aromatic N) is 3. The number of piperidine rings is 1. The van der Waals surface area contributed by atoms with E-state index in [0.29, 0.717) is 26.1 Å². The maximum absolute atomic E-state index is 12.8. The van der Waals surface area contributed by atoms with E-state index >= 15 is 0 Å². The molecule has 0 bridgehead atoms. The van der Waals surface area contributed by atoms with Crippen LogP contribution in [0.4, 0.5) is 5.69 Å². The Hall–Kier alpha value is -1.47. The minimum atomic E-state index is -3.24. The molecule has 2 fully saturated rings. The first-order chi connectivity index (χ1) is 9.92. The van der Waals surface area contributed by atoms with Crippen LogP contribution in [0.2, 0.25) is 0 Å². The Morgan fingerprint density at radius 2 is 2.10 bits per heavy atom. The van der Waals surface area contributed by atoms with Gasteiger partial charge in [0.15, 0.2) is 0 Å². The van der Waals surface area contributed by atoms with Crippen LogP contribution in [0.5, 0.6) is 0 Å². The first-order valence-electron chi connectivity index (χ1n) is 7.10. The van der Waals surface area contributed by atoms with Gasteiger partial charge < -0.3 is 4.90 Å². The third-order valence-electron chi connectivity index (χ3n) is 4.48. The van der Waals surface area contributed by atoms with Crippen LogP contribution in [0.15, 0.2) is 24.5 Å². The van der Waals surface area contributed by atoms with E-state index < -0.39 is 15.4 Å². The third-order valence-corrected chi connectivity index (χ3v) is 5.73. The summed E-state index contributed by atoms with van der Waals surface area (Å²) < 4.78 is 25.0. The maximum Gasteiger partial charge on any atom is 0.234 e. The number of carbonyl (C=O) groups excluding carboxylic acids is 1. The molecule has 3 rings (SSSR count). The fourth-order valence-electron chi connectivity index (χ4n) is 3.33. The topological polar surface area (TPSA) is 70.6 Å². The molecule has 21 heavy (non-hydrogen) atoms. The second-order valence-corrected chi connectivity index (χ2v) is 7.88. The number of anilines is 1. The summed E-state index contributed by atoms with van der Waals surface area (Å²) in [5, 5.41) is 0. The smallest absolute Gasteiger partial charge is 0.234 e. The van der Waals surface area contributed by atoms with Crippen molar-refractivity contribution in [2.24, 2.45) is 5.41 Å². The predicted octanol–water partition coefficient (Wildman–Crippen LogP) is 0.860. The molecule has 1 atom stereocenters. The Balaban J connectivity index is 1.85. The summed E-state index contributed by atoms with van der Waals surface area (Å²) in [6.07, 6.45) is 6.76. The second-order valence-electron chi connectivity index (χ2n) is 5.90. The van der Waals surface area contributed by atoms with Crippen molar-refractivity contribution in [1.29, 1.82) is 0 Å². The molecular formula is C14H19N3O3S. The van der Waals surface area contributed by atoms with E-state index in [4.69, 9.17) is 0 Å². The van der Waals surface area contributed by atoms with Gasteiger partial charge in [-0.05, 0) is 31.4 Å². The van der Waals surface area contributed by atoms with Crippen molar-refractivity contribution in [2.75, 3.05) is 30.8 Å². The number of hydrogen-bond donors (Lipinski definition) is 0. The Morgan fingerprint density at radius 1 is 1.29 bits per heavy atom. The van der Waals surface area contributed by atoms with Crippen molar-refractivity contribution in [3.63, 3.8) is 0 Å². The van der Waals surface area contributed by atoms with Crippen LogP contribution in [0.1, 0.15) is 19.3 Å². The van der Waals surface area contributed by atoms with Gasteiger partial charge in [0.2, 0.25) is 15.9 Å². The zero-order chi connectivity index (χ0) is 15.1. The lowest BCUT2D eigenvalue weighted by atomic mass is 9.79. The number of rotatable bonds is 2. The molecule has 0 aliphatic carbocycles. The van der Waals surface area contributed by atoms with Gasteiger partial charge in [-0.25, -0.2) is 12.7 Å². The molecule has 114 valence electrons. The minimum Gasteiger partial charge on any atom is -0.310 e. The molecule has 2 saturated heterocycles. The van der Waals surface area contributed by atoms with E-state index in [1.165, 1.54) is 10.6 Å². The number of pyridine rings is 1. The van der Waals surface area contributed by atoms with Crippen LogP contribution in [0, 0.1) is 5.41 Å². The van der Waals surface area contributed by atoms with Crippen molar-refractivity contribution in [2.45, 2.75) is 19.3 Å². The SMILES string of the molecule is CS(=O)(=O)N1CCC[C@]2(CCN(c3cccnc3)C2=O)C1. The van der Waals surface area contributed by atoms with Crippen molar-refractivity contribution < 1.29 is 13.2 Å². The van der Waals surface area contributed by atoms with Crippen molar-refractivity contribution in [1.82, 2.24) is 9.29 Å². The molecule has 7 heteroatoms. The van der Waals surface area contributed by atoms with E-state index in [1.807, 2.05) is 6.07 Å². The molecule has 6 nitrogen and oxygen atoms in total. The van der Waals surface area contributed by atoms with Crippen molar-refractivity contribution in [3.05, 3.63) is 24.5 Å². The van der Waals surface area contributed by atoms with Gasteiger partial charge in [0.1, 0.15) is 0 Å². The molecule has 3 heterocycles. The second kappa shape index (κ2) is 5.06. The molecule has 0 aromatic carbocycles. The number of sulfonamides is 1. The monoisotopic (exact) mass is 309 g/mol. The van der Waals surface area contributed by atoms with Crippen LogP contribution in [-0.2, 0) is 14.8 Å². The molecule has 2 aliphatic rings. The number of hydrogen-bond acceptors (Lipinski definition) is 4. The zero-order valence-electron chi connectivity index (χ0n) is 12.0. The Labute approximate surface area is 124 Å². The molecule has 0 radical (unpaired) electrons. The van der Waals surface area contributed by atoms with Crippen molar-refractivity contribution in [3.8, 4) is 0 Å². The van der Waals surface area contributed by atoms with E-state index in [0.717, 1.165) is 18.5 Å². The zero-order valence-corrected chi connectivity index (χ0v) is 12.8. The van der Waals surface area contributed by atoms with Gasteiger partial charge in [-0.2, -0.15) is 0 Å². The summed E-state index contributed by atoms with van der Waals surface area (Å²) in [6.45, 7) is 1.45. The molecule has 1 spiro atoms. The summed E-state index contributed by atoms with van der Waals surface area (Å²) in [7, 11) is -3.24. The van der Waals surface area contributed by atoms with Gasteiger partial charge in [0, 0.05) is 25.8 Å². The highest BCUT2D eigenvalue weighted by molar-refractivity contribution is 7.88. The number of amides is 1. The van der Waals surface area contributed by atoms with Gasteiger partial charge in [0.25, 0.3) is 0 Å². The van der Waals surface area contributed by atoms with Gasteiger partial charge in [0.05, 0.1) is 23.6 Å². The van der Waals surface area contributed by atoms with Gasteiger partial charge in [-0.1, -0.05) is 0 Å². The minimum absolute atomic E-state index is 0.0313. The lowest BCUT2D eigenvalue weighted by molar-refractivity contribution is -0.127. The highest BCUT2D eigenvalue weighted by atomic mass is 32.2. The molecule has 0 saturated carbocycles. The average molecular weight is 309 g/mol. The fourth-order valence-corrected chi connectivity index (χ4v) is 4.27. The van der Waals surface area contributed by atoms with Gasteiger partial charge in [-0.3, -0.25) is 9.78 Å². The molecule has 1 aromatic rings. The molecular weight excluding hydrogens is 290 g/mol. The highest BCUT2D eigenvalue weighted by Crippen LogP contribution is 2.42. The van der Waals surface area contributed by atoms with E-state index in [2.05, 4.69) is 4.98 Å². The predicted molar refractivity (Wildman–Crippen MR) is 79.3 cm³/mol. The lowest BCUT2D eigenvalue weighted by Gasteiger charge is -2.37. The van der Waals surface area contributed by atoms with Crippen LogP contribution in [0.3, 0.4) is 0 Å². The quantitative estimate of drug-likeness (QED) is 0.812. The van der Waals surface area contributed by atoms with E-state index in [-0.39, 0.29) is 5.91 Å². The van der Waals surface area contributed by atoms with Crippen LogP contribution in [0.25, 0.3) is 0 Å². The molecule has 1 aromatic heterocycles. The Morgan fingerprint density at radius 3 is 2.76 bits per heavy atom. The number of aromatic nitrogens is 1. The molecule has 2 aliphatic heterocycles. The largest absolute Gasteiger partial charge is 0.310 e. The Bertz CT molecular complexity index is 647. The van der Waals surface area contributed by atoms with Crippen LogP contribution < -0.4 is 4.90 Å². The molecule has 1 amide bonds. The normalized spacial score (nSPS) is 27.5. The summed E-state index contributed by atoms with van der Waals surface area (Å²) in [4.78, 5) is 18.6. The standard InChI is InChI=1S/C14H19N3O3S/c1-21(19,20)16-8-3-5-14(11-16)6-9-17(13(14)18)12-4-2-7-15-10-12/h2,4,7,10H,3,5-6,8-9,11H2,1H3/t14-/m0/s1. The van der Waals surface area contributed by atoms with Crippen LogP contribution >= 0.6 is 0 Å². The lowest BCUT2D eigenvalue weighted by Crippen LogP contribution is -2.49. The fraction of sp³-hybridized carbons (Fsp3) is 0.571. The molecule has 0 N–H and O–H groups in total. The Kier molecular flexibility index (Phi) is 3.49. The first kappa shape index (κ1) is 14.5.